The molecule has 1 amide bonds. The summed E-state index contributed by atoms with van der Waals surface area (Å²) in [6.07, 6.45) is 1.46. The van der Waals surface area contributed by atoms with Crippen molar-refractivity contribution in [1.29, 1.82) is 5.26 Å². The van der Waals surface area contributed by atoms with Crippen LogP contribution in [0.15, 0.2) is 57.9 Å². The van der Waals surface area contributed by atoms with Crippen molar-refractivity contribution < 1.29 is 14.1 Å². The lowest BCUT2D eigenvalue weighted by molar-refractivity contribution is -0.384. The minimum absolute atomic E-state index is 0.0674. The maximum atomic E-state index is 12.2. The van der Waals surface area contributed by atoms with Crippen LogP contribution in [-0.2, 0) is 11.3 Å². The first-order valence-electron chi connectivity index (χ1n) is 7.58. The van der Waals surface area contributed by atoms with Gasteiger partial charge in [-0.25, -0.2) is 4.68 Å². The molecular formula is C17H11N5O5. The standard InChI is InChI=1S/C17H11N5O5/c18-9-11-8-12(22(25)26)3-4-13(11)19-16(23)10-21-17(24)6-5-14(20-21)15-2-1-7-27-15/h1-8H,10H2,(H,19,23). The smallest absolute Gasteiger partial charge is 0.270 e. The van der Waals surface area contributed by atoms with Crippen LogP contribution in [0.4, 0.5) is 11.4 Å². The number of amides is 1. The van der Waals surface area contributed by atoms with E-state index in [4.69, 9.17) is 9.68 Å². The number of nitro groups is 1. The maximum Gasteiger partial charge on any atom is 0.270 e. The molecule has 10 heteroatoms. The summed E-state index contributed by atoms with van der Waals surface area (Å²) in [6, 6.07) is 11.3. The van der Waals surface area contributed by atoms with Crippen LogP contribution in [0.25, 0.3) is 11.5 Å². The third-order valence-corrected chi connectivity index (χ3v) is 3.54. The zero-order chi connectivity index (χ0) is 19.4. The quantitative estimate of drug-likeness (QED) is 0.537. The highest BCUT2D eigenvalue weighted by atomic mass is 16.6. The van der Waals surface area contributed by atoms with Crippen LogP contribution in [0.3, 0.4) is 0 Å². The number of nitriles is 1. The third kappa shape index (κ3) is 3.88. The predicted octanol–water partition coefficient (Wildman–Crippen LogP) is 1.92. The highest BCUT2D eigenvalue weighted by Gasteiger charge is 2.14. The highest BCUT2D eigenvalue weighted by Crippen LogP contribution is 2.21. The lowest BCUT2D eigenvalue weighted by atomic mass is 10.1. The molecular weight excluding hydrogens is 354 g/mol. The topological polar surface area (TPSA) is 144 Å². The van der Waals surface area contributed by atoms with Crippen LogP contribution in [-0.4, -0.2) is 20.6 Å². The summed E-state index contributed by atoms with van der Waals surface area (Å²) in [7, 11) is 0. The van der Waals surface area contributed by atoms with E-state index in [0.717, 1.165) is 10.7 Å². The normalized spacial score (nSPS) is 10.2. The molecule has 2 heterocycles. The molecule has 0 fully saturated rings. The van der Waals surface area contributed by atoms with E-state index in [2.05, 4.69) is 10.4 Å². The highest BCUT2D eigenvalue weighted by molar-refractivity contribution is 5.92. The van der Waals surface area contributed by atoms with Gasteiger partial charge in [-0.05, 0) is 24.3 Å². The van der Waals surface area contributed by atoms with E-state index in [9.17, 15) is 19.7 Å². The number of nitrogens with one attached hydrogen (secondary N) is 1. The monoisotopic (exact) mass is 365 g/mol. The molecule has 3 aromatic rings. The lowest BCUT2D eigenvalue weighted by Crippen LogP contribution is -2.29. The van der Waals surface area contributed by atoms with Gasteiger partial charge in [0.15, 0.2) is 5.76 Å². The minimum Gasteiger partial charge on any atom is -0.463 e. The third-order valence-electron chi connectivity index (χ3n) is 3.54. The first-order chi connectivity index (χ1) is 13.0. The van der Waals surface area contributed by atoms with Gasteiger partial charge in [0.25, 0.3) is 11.2 Å². The summed E-state index contributed by atoms with van der Waals surface area (Å²) in [5.41, 5.74) is -0.357. The van der Waals surface area contributed by atoms with Crippen molar-refractivity contribution in [2.75, 3.05) is 5.32 Å². The summed E-state index contributed by atoms with van der Waals surface area (Å²) in [6.45, 7) is -0.408. The summed E-state index contributed by atoms with van der Waals surface area (Å²) < 4.78 is 6.16. The van der Waals surface area contributed by atoms with Crippen LogP contribution < -0.4 is 10.9 Å². The van der Waals surface area contributed by atoms with Crippen LogP contribution in [0, 0.1) is 21.4 Å². The lowest BCUT2D eigenvalue weighted by Gasteiger charge is -2.08. The largest absolute Gasteiger partial charge is 0.463 e. The molecule has 0 spiro atoms. The van der Waals surface area contributed by atoms with Crippen molar-refractivity contribution in [3.63, 3.8) is 0 Å². The second kappa shape index (κ2) is 7.32. The molecule has 1 N–H and O–H groups in total. The average molecular weight is 365 g/mol. The molecule has 0 atom stereocenters. The molecule has 0 radical (unpaired) electrons. The number of aromatic nitrogens is 2. The fourth-order valence-corrected chi connectivity index (χ4v) is 2.29. The Bertz CT molecular complexity index is 1110. The maximum absolute atomic E-state index is 12.2. The Hall–Kier alpha value is -4.26. The van der Waals surface area contributed by atoms with Crippen molar-refractivity contribution in [2.45, 2.75) is 6.54 Å². The summed E-state index contributed by atoms with van der Waals surface area (Å²) >= 11 is 0. The van der Waals surface area contributed by atoms with Gasteiger partial charge in [-0.15, -0.1) is 0 Å². The number of furan rings is 1. The number of rotatable bonds is 5. The van der Waals surface area contributed by atoms with Gasteiger partial charge in [-0.3, -0.25) is 19.7 Å². The van der Waals surface area contributed by atoms with Crippen molar-refractivity contribution in [1.82, 2.24) is 9.78 Å². The van der Waals surface area contributed by atoms with Gasteiger partial charge in [-0.2, -0.15) is 10.4 Å². The predicted molar refractivity (Wildman–Crippen MR) is 92.6 cm³/mol. The molecule has 3 rings (SSSR count). The van der Waals surface area contributed by atoms with E-state index in [0.29, 0.717) is 11.5 Å². The molecule has 1 aromatic carbocycles. The van der Waals surface area contributed by atoms with Crippen molar-refractivity contribution in [3.05, 3.63) is 74.8 Å². The molecule has 134 valence electrons. The summed E-state index contributed by atoms with van der Waals surface area (Å²) in [5, 5.41) is 26.4. The van der Waals surface area contributed by atoms with Crippen molar-refractivity contribution in [2.24, 2.45) is 0 Å². The van der Waals surface area contributed by atoms with Crippen LogP contribution in [0.5, 0.6) is 0 Å². The second-order valence-electron chi connectivity index (χ2n) is 5.34. The Balaban J connectivity index is 1.81. The Kier molecular flexibility index (Phi) is 4.76. The first kappa shape index (κ1) is 17.6. The fourth-order valence-electron chi connectivity index (χ4n) is 2.29. The molecule has 0 aliphatic rings. The molecule has 0 bridgehead atoms. The molecule has 0 unspecified atom stereocenters. The van der Waals surface area contributed by atoms with E-state index < -0.39 is 22.9 Å². The van der Waals surface area contributed by atoms with Gasteiger partial charge in [0.1, 0.15) is 18.3 Å². The van der Waals surface area contributed by atoms with E-state index >= 15 is 0 Å². The molecule has 27 heavy (non-hydrogen) atoms. The number of anilines is 1. The minimum atomic E-state index is -0.643. The van der Waals surface area contributed by atoms with E-state index in [1.54, 1.807) is 18.2 Å². The molecule has 0 saturated carbocycles. The Morgan fingerprint density at radius 1 is 1.33 bits per heavy atom. The Labute approximate surface area is 151 Å². The van der Waals surface area contributed by atoms with Crippen LogP contribution >= 0.6 is 0 Å². The number of hydrogen-bond acceptors (Lipinski definition) is 7. The number of benzene rings is 1. The molecule has 0 aliphatic carbocycles. The Morgan fingerprint density at radius 3 is 2.81 bits per heavy atom. The van der Waals surface area contributed by atoms with Gasteiger partial charge in [-0.1, -0.05) is 0 Å². The number of nitrogens with zero attached hydrogens (tertiary/aromatic N) is 4. The number of carbonyl (C=O) groups excluding carboxylic acids is 1. The van der Waals surface area contributed by atoms with Gasteiger partial charge in [0.2, 0.25) is 5.91 Å². The molecule has 0 aliphatic heterocycles. The van der Waals surface area contributed by atoms with Gasteiger partial charge in [0.05, 0.1) is 22.4 Å². The number of carbonyl (C=O) groups is 1. The second-order valence-corrected chi connectivity index (χ2v) is 5.34. The average Bonchev–Trinajstić information content (AvgIpc) is 3.18. The van der Waals surface area contributed by atoms with E-state index in [1.165, 1.54) is 30.5 Å². The number of hydrogen-bond donors (Lipinski definition) is 1. The van der Waals surface area contributed by atoms with Gasteiger partial charge in [0, 0.05) is 18.2 Å². The summed E-state index contributed by atoms with van der Waals surface area (Å²) in [4.78, 5) is 34.3. The van der Waals surface area contributed by atoms with Gasteiger partial charge < -0.3 is 9.73 Å². The van der Waals surface area contributed by atoms with E-state index in [-0.39, 0.29) is 16.9 Å². The number of nitro benzene ring substituents is 1. The Morgan fingerprint density at radius 2 is 2.15 bits per heavy atom. The molecule has 10 nitrogen and oxygen atoms in total. The van der Waals surface area contributed by atoms with E-state index in [1.807, 2.05) is 0 Å². The van der Waals surface area contributed by atoms with Crippen molar-refractivity contribution in [3.8, 4) is 17.5 Å². The first-order valence-corrected chi connectivity index (χ1v) is 7.58. The zero-order valence-electron chi connectivity index (χ0n) is 13.7. The van der Waals surface area contributed by atoms with Crippen LogP contribution in [0.1, 0.15) is 5.56 Å². The zero-order valence-corrected chi connectivity index (χ0v) is 13.7. The molecule has 2 aromatic heterocycles. The van der Waals surface area contributed by atoms with Crippen molar-refractivity contribution >= 4 is 17.3 Å². The number of non-ortho nitro benzene ring substituents is 1. The summed E-state index contributed by atoms with van der Waals surface area (Å²) in [5.74, 6) is -0.183. The SMILES string of the molecule is N#Cc1cc([N+](=O)[O-])ccc1NC(=O)Cn1nc(-c2ccco2)ccc1=O. The molecule has 0 saturated heterocycles. The van der Waals surface area contributed by atoms with Gasteiger partial charge >= 0.3 is 0 Å². The fraction of sp³-hybridized carbons (Fsp3) is 0.0588. The van der Waals surface area contributed by atoms with Crippen LogP contribution in [0.2, 0.25) is 0 Å².